The van der Waals surface area contributed by atoms with Crippen molar-refractivity contribution in [3.05, 3.63) is 48.0 Å². The van der Waals surface area contributed by atoms with Crippen LogP contribution in [0.2, 0.25) is 0 Å². The Hall–Kier alpha value is -3.80. The molecule has 2 amide bonds. The van der Waals surface area contributed by atoms with Gasteiger partial charge >= 0.3 is 16.5 Å². The fraction of sp³-hybridized carbons (Fsp3) is 0.375. The van der Waals surface area contributed by atoms with Crippen LogP contribution >= 0.6 is 0 Å². The SMILES string of the molecule is CCC1(CC)OC(=O)Nc2ccc(OCCCC=NOS(=O)(=O)Oc3ccc(NC(C)=O)cc3)cc21. The summed E-state index contributed by atoms with van der Waals surface area (Å²) in [5, 5.41) is 8.71. The molecule has 2 aromatic carbocycles. The van der Waals surface area contributed by atoms with Crippen molar-refractivity contribution in [3.8, 4) is 11.5 Å². The lowest BCUT2D eigenvalue weighted by Gasteiger charge is -2.37. The quantitative estimate of drug-likeness (QED) is 0.233. The zero-order chi connectivity index (χ0) is 26.2. The summed E-state index contributed by atoms with van der Waals surface area (Å²) in [6.07, 6.45) is 3.07. The van der Waals surface area contributed by atoms with Crippen LogP contribution < -0.4 is 19.6 Å². The molecule has 0 saturated heterocycles. The van der Waals surface area contributed by atoms with Crippen LogP contribution in [0.1, 0.15) is 52.0 Å². The van der Waals surface area contributed by atoms with Crippen LogP contribution in [0.15, 0.2) is 47.6 Å². The van der Waals surface area contributed by atoms with E-state index in [0.29, 0.717) is 49.4 Å². The van der Waals surface area contributed by atoms with Gasteiger partial charge in [0, 0.05) is 24.4 Å². The molecule has 11 nitrogen and oxygen atoms in total. The number of benzene rings is 2. The minimum absolute atomic E-state index is 0.0119. The number of oxime groups is 1. The zero-order valence-electron chi connectivity index (χ0n) is 20.3. The lowest BCUT2D eigenvalue weighted by Crippen LogP contribution is -2.38. The number of fused-ring (bicyclic) bond motifs is 1. The summed E-state index contributed by atoms with van der Waals surface area (Å²) < 4.78 is 44.4. The maximum Gasteiger partial charge on any atom is 0.521 e. The molecule has 0 saturated carbocycles. The Kier molecular flexibility index (Phi) is 8.75. The average molecular weight is 520 g/mol. The van der Waals surface area contributed by atoms with Gasteiger partial charge in [-0.2, -0.15) is 0 Å². The first-order chi connectivity index (χ1) is 17.2. The molecule has 0 aliphatic carbocycles. The van der Waals surface area contributed by atoms with E-state index in [0.717, 1.165) is 5.56 Å². The van der Waals surface area contributed by atoms with Gasteiger partial charge in [-0.05, 0) is 68.1 Å². The maximum atomic E-state index is 11.9. The van der Waals surface area contributed by atoms with Crippen molar-refractivity contribution in [2.45, 2.75) is 52.1 Å². The number of cyclic esters (lactones) is 1. The molecule has 0 bridgehead atoms. The number of hydrogen-bond donors (Lipinski definition) is 2. The fourth-order valence-electron chi connectivity index (χ4n) is 3.67. The van der Waals surface area contributed by atoms with Gasteiger partial charge in [0.1, 0.15) is 17.1 Å². The van der Waals surface area contributed by atoms with Gasteiger partial charge in [0.2, 0.25) is 5.91 Å². The number of carbonyl (C=O) groups excluding carboxylic acids is 2. The molecule has 0 atom stereocenters. The third kappa shape index (κ3) is 7.11. The second kappa shape index (κ2) is 11.8. The Labute approximate surface area is 210 Å². The van der Waals surface area contributed by atoms with Crippen LogP contribution in [0.5, 0.6) is 11.5 Å². The number of rotatable bonds is 12. The average Bonchev–Trinajstić information content (AvgIpc) is 2.83. The molecule has 194 valence electrons. The van der Waals surface area contributed by atoms with Crippen molar-refractivity contribution in [1.29, 1.82) is 0 Å². The van der Waals surface area contributed by atoms with Crippen LogP contribution in [0.4, 0.5) is 16.2 Å². The molecule has 2 aromatic rings. The third-order valence-electron chi connectivity index (χ3n) is 5.48. The minimum Gasteiger partial charge on any atom is -0.494 e. The fourth-order valence-corrected chi connectivity index (χ4v) is 4.22. The summed E-state index contributed by atoms with van der Waals surface area (Å²) in [4.78, 5) is 22.9. The van der Waals surface area contributed by atoms with E-state index >= 15 is 0 Å². The van der Waals surface area contributed by atoms with Crippen LogP contribution in [-0.2, 0) is 29.8 Å². The van der Waals surface area contributed by atoms with E-state index in [1.54, 1.807) is 12.1 Å². The molecule has 0 aromatic heterocycles. The van der Waals surface area contributed by atoms with Crippen molar-refractivity contribution in [2.75, 3.05) is 17.2 Å². The van der Waals surface area contributed by atoms with E-state index in [1.165, 1.54) is 37.4 Å². The Morgan fingerprint density at radius 3 is 2.50 bits per heavy atom. The van der Waals surface area contributed by atoms with Crippen LogP contribution in [0.3, 0.4) is 0 Å². The molecule has 0 radical (unpaired) electrons. The minimum atomic E-state index is -4.39. The highest BCUT2D eigenvalue weighted by molar-refractivity contribution is 7.82. The Morgan fingerprint density at radius 1 is 1.14 bits per heavy atom. The number of carbonyl (C=O) groups is 2. The molecule has 1 aliphatic rings. The Balaban J connectivity index is 1.44. The standard InChI is InChI=1S/C24H29N3O8S/c1-4-24(5-2)21-16-20(12-13-22(21)27-23(29)33-24)32-15-7-6-14-25-35-36(30,31)34-19-10-8-18(9-11-19)26-17(3)28/h8-14,16H,4-7,15H2,1-3H3,(H,26,28)(H,27,29). The van der Waals surface area contributed by atoms with Crippen molar-refractivity contribution in [2.24, 2.45) is 5.16 Å². The molecule has 12 heteroatoms. The largest absolute Gasteiger partial charge is 0.521 e. The van der Waals surface area contributed by atoms with Gasteiger partial charge in [-0.25, -0.2) is 9.08 Å². The number of amides is 2. The second-order valence-corrected chi connectivity index (χ2v) is 9.11. The van der Waals surface area contributed by atoms with Crippen LogP contribution in [0, 0.1) is 0 Å². The van der Waals surface area contributed by atoms with Crippen molar-refractivity contribution < 1.29 is 35.9 Å². The van der Waals surface area contributed by atoms with E-state index in [2.05, 4.69) is 20.1 Å². The van der Waals surface area contributed by atoms with Gasteiger partial charge in [-0.3, -0.25) is 10.1 Å². The number of anilines is 2. The summed E-state index contributed by atoms with van der Waals surface area (Å²) in [5.74, 6) is 0.396. The number of unbranched alkanes of at least 4 members (excludes halogenated alkanes) is 1. The topological polar surface area (TPSA) is 142 Å². The lowest BCUT2D eigenvalue weighted by molar-refractivity contribution is -0.114. The first-order valence-electron chi connectivity index (χ1n) is 11.5. The number of ether oxygens (including phenoxy) is 2. The van der Waals surface area contributed by atoms with Crippen LogP contribution in [-0.4, -0.2) is 33.2 Å². The first kappa shape index (κ1) is 26.8. The third-order valence-corrected chi connectivity index (χ3v) is 6.14. The van der Waals surface area contributed by atoms with E-state index in [9.17, 15) is 18.0 Å². The van der Waals surface area contributed by atoms with Gasteiger partial charge in [-0.1, -0.05) is 19.0 Å². The second-order valence-electron chi connectivity index (χ2n) is 7.97. The predicted octanol–water partition coefficient (Wildman–Crippen LogP) is 4.71. The molecule has 0 spiro atoms. The van der Waals surface area contributed by atoms with E-state index in [-0.39, 0.29) is 11.7 Å². The highest BCUT2D eigenvalue weighted by Gasteiger charge is 2.39. The molecule has 0 unspecified atom stereocenters. The van der Waals surface area contributed by atoms with Gasteiger partial charge in [0.25, 0.3) is 0 Å². The van der Waals surface area contributed by atoms with Crippen molar-refractivity contribution >= 4 is 40.0 Å². The highest BCUT2D eigenvalue weighted by atomic mass is 32.3. The van der Waals surface area contributed by atoms with E-state index in [1.807, 2.05) is 19.9 Å². The van der Waals surface area contributed by atoms with Crippen molar-refractivity contribution in [3.63, 3.8) is 0 Å². The summed E-state index contributed by atoms with van der Waals surface area (Å²) in [6.45, 7) is 5.65. The first-order valence-corrected chi connectivity index (χ1v) is 12.8. The van der Waals surface area contributed by atoms with E-state index in [4.69, 9.17) is 13.7 Å². The summed E-state index contributed by atoms with van der Waals surface area (Å²) in [6, 6.07) is 11.2. The Morgan fingerprint density at radius 2 is 1.83 bits per heavy atom. The predicted molar refractivity (Wildman–Crippen MR) is 133 cm³/mol. The molecule has 0 fully saturated rings. The zero-order valence-corrected chi connectivity index (χ0v) is 21.1. The van der Waals surface area contributed by atoms with Gasteiger partial charge < -0.3 is 19.0 Å². The van der Waals surface area contributed by atoms with Crippen LogP contribution in [0.25, 0.3) is 0 Å². The maximum absolute atomic E-state index is 11.9. The summed E-state index contributed by atoms with van der Waals surface area (Å²) >= 11 is 0. The summed E-state index contributed by atoms with van der Waals surface area (Å²) in [5.41, 5.74) is 1.38. The Bertz CT molecular complexity index is 1210. The molecule has 36 heavy (non-hydrogen) atoms. The number of nitrogens with zero attached hydrogens (tertiary/aromatic N) is 1. The number of nitrogens with one attached hydrogen (secondary N) is 2. The molecule has 1 aliphatic heterocycles. The van der Waals surface area contributed by atoms with Gasteiger partial charge in [-0.15, -0.1) is 8.42 Å². The molecular formula is C24H29N3O8S. The smallest absolute Gasteiger partial charge is 0.494 e. The number of hydrogen-bond acceptors (Lipinski definition) is 9. The molecule has 3 rings (SSSR count). The highest BCUT2D eigenvalue weighted by Crippen LogP contribution is 2.42. The van der Waals surface area contributed by atoms with Crippen molar-refractivity contribution in [1.82, 2.24) is 0 Å². The normalized spacial score (nSPS) is 14.4. The summed E-state index contributed by atoms with van der Waals surface area (Å²) in [7, 11) is -4.39. The molecule has 2 N–H and O–H groups in total. The van der Waals surface area contributed by atoms with E-state index < -0.39 is 22.1 Å². The lowest BCUT2D eigenvalue weighted by atomic mass is 9.86. The monoisotopic (exact) mass is 519 g/mol. The van der Waals surface area contributed by atoms with Gasteiger partial charge in [0.15, 0.2) is 0 Å². The van der Waals surface area contributed by atoms with Gasteiger partial charge in [0.05, 0.1) is 12.3 Å². The molecule has 1 heterocycles. The molecular weight excluding hydrogens is 490 g/mol.